The topological polar surface area (TPSA) is 45.4 Å². The Kier molecular flexibility index (Phi) is 2.94. The van der Waals surface area contributed by atoms with Gasteiger partial charge in [0.05, 0.1) is 11.7 Å². The highest BCUT2D eigenvalue weighted by Crippen LogP contribution is 2.34. The van der Waals surface area contributed by atoms with Gasteiger partial charge in [0.2, 0.25) is 0 Å². The molecule has 3 fully saturated rings. The molecule has 2 bridgehead atoms. The molecule has 2 unspecified atom stereocenters. The lowest BCUT2D eigenvalue weighted by Crippen LogP contribution is -2.56. The first-order chi connectivity index (χ1) is 8.15. The van der Waals surface area contributed by atoms with Crippen molar-refractivity contribution in [2.45, 2.75) is 25.9 Å². The number of fused-ring (bicyclic) bond motifs is 3. The zero-order valence-electron chi connectivity index (χ0n) is 10.5. The molecule has 0 aromatic carbocycles. The fourth-order valence-electron chi connectivity index (χ4n) is 2.85. The summed E-state index contributed by atoms with van der Waals surface area (Å²) in [7, 11) is 0. The number of hydrogen-bond acceptors (Lipinski definition) is 5. The molecule has 4 nitrogen and oxygen atoms in total. The highest BCUT2D eigenvalue weighted by molar-refractivity contribution is 7.11. The maximum Gasteiger partial charge on any atom is 0.112 e. The summed E-state index contributed by atoms with van der Waals surface area (Å²) in [5, 5.41) is 1.26. The van der Waals surface area contributed by atoms with Gasteiger partial charge in [0, 0.05) is 43.6 Å². The largest absolute Gasteiger partial charge is 0.323 e. The molecule has 0 radical (unpaired) electrons. The van der Waals surface area contributed by atoms with Crippen molar-refractivity contribution in [3.8, 4) is 0 Å². The Morgan fingerprint density at radius 2 is 2.06 bits per heavy atom. The molecule has 0 amide bonds. The van der Waals surface area contributed by atoms with Crippen molar-refractivity contribution < 1.29 is 0 Å². The summed E-state index contributed by atoms with van der Waals surface area (Å²) < 4.78 is 0. The van der Waals surface area contributed by atoms with Crippen molar-refractivity contribution in [1.29, 1.82) is 0 Å². The Hall–Kier alpha value is -0.490. The zero-order chi connectivity index (χ0) is 12.0. The first-order valence-electron chi connectivity index (χ1n) is 6.34. The van der Waals surface area contributed by atoms with Gasteiger partial charge < -0.3 is 5.73 Å². The van der Waals surface area contributed by atoms with Crippen molar-refractivity contribution in [2.75, 3.05) is 32.7 Å². The average molecular weight is 252 g/mol. The van der Waals surface area contributed by atoms with Gasteiger partial charge in [-0.25, -0.2) is 4.98 Å². The van der Waals surface area contributed by atoms with Crippen LogP contribution in [0.5, 0.6) is 0 Å². The van der Waals surface area contributed by atoms with Crippen molar-refractivity contribution in [2.24, 2.45) is 5.73 Å². The van der Waals surface area contributed by atoms with E-state index in [0.29, 0.717) is 6.04 Å². The predicted molar refractivity (Wildman–Crippen MR) is 70.2 cm³/mol. The van der Waals surface area contributed by atoms with Crippen molar-refractivity contribution in [3.63, 3.8) is 0 Å². The molecule has 2 N–H and O–H groups in total. The molecule has 0 saturated carbocycles. The number of rotatable bonds is 2. The van der Waals surface area contributed by atoms with E-state index in [-0.39, 0.29) is 6.04 Å². The second-order valence-electron chi connectivity index (χ2n) is 5.14. The monoisotopic (exact) mass is 252 g/mol. The Labute approximate surface area is 106 Å². The number of aryl methyl sites for hydroxylation is 1. The number of aromatic nitrogens is 1. The Bertz CT molecular complexity index is 407. The number of thiazole rings is 1. The molecule has 3 aliphatic rings. The lowest BCUT2D eigenvalue weighted by molar-refractivity contribution is 0.0122. The van der Waals surface area contributed by atoms with Gasteiger partial charge in [-0.05, 0) is 13.8 Å². The Morgan fingerprint density at radius 3 is 2.53 bits per heavy atom. The summed E-state index contributed by atoms with van der Waals surface area (Å²) >= 11 is 1.81. The van der Waals surface area contributed by atoms with Crippen LogP contribution in [0.15, 0.2) is 0 Å². The molecule has 1 aromatic rings. The lowest BCUT2D eigenvalue weighted by atomic mass is 10.1. The Morgan fingerprint density at radius 1 is 1.35 bits per heavy atom. The normalized spacial score (nSPS) is 33.9. The van der Waals surface area contributed by atoms with Gasteiger partial charge in [-0.15, -0.1) is 11.3 Å². The van der Waals surface area contributed by atoms with Gasteiger partial charge in [0.25, 0.3) is 0 Å². The molecule has 2 atom stereocenters. The summed E-state index contributed by atoms with van der Waals surface area (Å²) in [6.07, 6.45) is 0. The summed E-state index contributed by atoms with van der Waals surface area (Å²) in [6, 6.07) is 0.617. The van der Waals surface area contributed by atoms with E-state index < -0.39 is 0 Å². The van der Waals surface area contributed by atoms with Crippen molar-refractivity contribution in [1.82, 2.24) is 14.8 Å². The Balaban J connectivity index is 1.87. The molecule has 3 aliphatic heterocycles. The fraction of sp³-hybridized carbons (Fsp3) is 0.750. The van der Waals surface area contributed by atoms with E-state index in [0.717, 1.165) is 12.2 Å². The minimum atomic E-state index is 0.109. The zero-order valence-corrected chi connectivity index (χ0v) is 11.3. The van der Waals surface area contributed by atoms with Crippen LogP contribution in [-0.2, 0) is 0 Å². The standard InChI is InChI=1S/C12H20N4S/c1-8(13)11-9(2)14-12(17-11)10-7-15-3-5-16(10)6-4-15/h8,10H,3-7,13H2,1-2H3. The molecular weight excluding hydrogens is 232 g/mol. The van der Waals surface area contributed by atoms with Gasteiger partial charge in [0.15, 0.2) is 0 Å². The van der Waals surface area contributed by atoms with E-state index >= 15 is 0 Å². The molecular formula is C12H20N4S. The highest BCUT2D eigenvalue weighted by Gasteiger charge is 2.34. The molecule has 3 saturated heterocycles. The predicted octanol–water partition coefficient (Wildman–Crippen LogP) is 1.14. The van der Waals surface area contributed by atoms with Crippen LogP contribution in [0.1, 0.15) is 34.6 Å². The maximum atomic E-state index is 5.98. The van der Waals surface area contributed by atoms with Gasteiger partial charge in [0.1, 0.15) is 5.01 Å². The molecule has 4 heterocycles. The third-order valence-corrected chi connectivity index (χ3v) is 5.29. The van der Waals surface area contributed by atoms with Gasteiger partial charge >= 0.3 is 0 Å². The first-order valence-corrected chi connectivity index (χ1v) is 7.16. The van der Waals surface area contributed by atoms with Crippen LogP contribution in [-0.4, -0.2) is 47.5 Å². The number of hydrogen-bond donors (Lipinski definition) is 1. The van der Waals surface area contributed by atoms with E-state index in [9.17, 15) is 0 Å². The number of piperazine rings is 3. The second kappa shape index (κ2) is 4.31. The molecule has 94 valence electrons. The van der Waals surface area contributed by atoms with E-state index in [2.05, 4.69) is 16.7 Å². The molecule has 0 spiro atoms. The SMILES string of the molecule is Cc1nc(C2CN3CCN2CC3)sc1C(C)N. The number of nitrogens with zero attached hydrogens (tertiary/aromatic N) is 3. The van der Waals surface area contributed by atoms with Gasteiger partial charge in [-0.1, -0.05) is 0 Å². The summed E-state index contributed by atoms with van der Waals surface area (Å²) in [5.41, 5.74) is 7.10. The lowest BCUT2D eigenvalue weighted by Gasteiger charge is -2.46. The second-order valence-corrected chi connectivity index (χ2v) is 6.21. The third-order valence-electron chi connectivity index (χ3n) is 3.83. The van der Waals surface area contributed by atoms with Crippen molar-refractivity contribution >= 4 is 11.3 Å². The first kappa shape index (κ1) is 11.6. The minimum Gasteiger partial charge on any atom is -0.323 e. The van der Waals surface area contributed by atoms with E-state index in [1.54, 1.807) is 0 Å². The summed E-state index contributed by atoms with van der Waals surface area (Å²) in [6.45, 7) is 10.1. The third kappa shape index (κ3) is 2.01. The molecule has 17 heavy (non-hydrogen) atoms. The molecule has 5 heteroatoms. The quantitative estimate of drug-likeness (QED) is 0.857. The molecule has 1 aromatic heterocycles. The molecule has 4 rings (SSSR count). The minimum absolute atomic E-state index is 0.109. The van der Waals surface area contributed by atoms with Crippen LogP contribution >= 0.6 is 11.3 Å². The fourth-order valence-corrected chi connectivity index (χ4v) is 3.99. The molecule has 0 aliphatic carbocycles. The van der Waals surface area contributed by atoms with E-state index in [1.165, 1.54) is 36.1 Å². The van der Waals surface area contributed by atoms with Crippen LogP contribution in [0.25, 0.3) is 0 Å². The van der Waals surface area contributed by atoms with E-state index in [4.69, 9.17) is 10.7 Å². The van der Waals surface area contributed by atoms with Gasteiger partial charge in [-0.3, -0.25) is 9.80 Å². The average Bonchev–Trinajstić information content (AvgIpc) is 2.73. The van der Waals surface area contributed by atoms with Gasteiger partial charge in [-0.2, -0.15) is 0 Å². The maximum absolute atomic E-state index is 5.98. The van der Waals surface area contributed by atoms with Crippen LogP contribution in [0, 0.1) is 6.92 Å². The smallest absolute Gasteiger partial charge is 0.112 e. The highest BCUT2D eigenvalue weighted by atomic mass is 32.1. The van der Waals surface area contributed by atoms with Crippen molar-refractivity contribution in [3.05, 3.63) is 15.6 Å². The van der Waals surface area contributed by atoms with E-state index in [1.807, 2.05) is 18.3 Å². The van der Waals surface area contributed by atoms with Crippen LogP contribution in [0.2, 0.25) is 0 Å². The van der Waals surface area contributed by atoms with Crippen LogP contribution in [0.4, 0.5) is 0 Å². The van der Waals surface area contributed by atoms with Crippen LogP contribution in [0.3, 0.4) is 0 Å². The number of nitrogens with two attached hydrogens (primary N) is 1. The summed E-state index contributed by atoms with van der Waals surface area (Å²) in [4.78, 5) is 11.1. The summed E-state index contributed by atoms with van der Waals surface area (Å²) in [5.74, 6) is 0. The van der Waals surface area contributed by atoms with Crippen LogP contribution < -0.4 is 5.73 Å².